The van der Waals surface area contributed by atoms with Gasteiger partial charge in [0, 0.05) is 24.6 Å². The van der Waals surface area contributed by atoms with E-state index in [4.69, 9.17) is 0 Å². The molecule has 1 rings (SSSR count). The van der Waals surface area contributed by atoms with E-state index >= 15 is 0 Å². The molecule has 16 heavy (non-hydrogen) atoms. The van der Waals surface area contributed by atoms with E-state index in [0.29, 0.717) is 6.04 Å². The second kappa shape index (κ2) is 6.02. The minimum absolute atomic E-state index is 0.0186. The fourth-order valence-corrected chi connectivity index (χ4v) is 2.50. The minimum Gasteiger partial charge on any atom is -0.396 e. The molecular weight excluding hydrogens is 198 g/mol. The van der Waals surface area contributed by atoms with E-state index in [2.05, 4.69) is 33.0 Å². The average molecular weight is 227 g/mol. The second-order valence-electron chi connectivity index (χ2n) is 6.57. The summed E-state index contributed by atoms with van der Waals surface area (Å²) in [6, 6.07) is 0.673. The van der Waals surface area contributed by atoms with Crippen LogP contribution in [-0.2, 0) is 0 Å². The zero-order chi connectivity index (χ0) is 12.2. The Morgan fingerprint density at radius 3 is 2.56 bits per heavy atom. The molecule has 2 unspecified atom stereocenters. The largest absolute Gasteiger partial charge is 0.396 e. The predicted molar refractivity (Wildman–Crippen MR) is 69.5 cm³/mol. The Morgan fingerprint density at radius 2 is 2.00 bits per heavy atom. The van der Waals surface area contributed by atoms with E-state index < -0.39 is 0 Å². The molecule has 1 saturated carbocycles. The van der Waals surface area contributed by atoms with Gasteiger partial charge in [-0.15, -0.1) is 0 Å². The highest BCUT2D eigenvalue weighted by atomic mass is 16.3. The molecule has 2 N–H and O–H groups in total. The first-order valence-electron chi connectivity index (χ1n) is 6.79. The van der Waals surface area contributed by atoms with Crippen molar-refractivity contribution in [3.63, 3.8) is 0 Å². The Kier molecular flexibility index (Phi) is 5.26. The topological polar surface area (TPSA) is 32.3 Å². The molecule has 0 aromatic heterocycles. The smallest absolute Gasteiger partial charge is 0.0494 e. The van der Waals surface area contributed by atoms with Gasteiger partial charge in [-0.25, -0.2) is 0 Å². The average Bonchev–Trinajstić information content (AvgIpc) is 2.27. The van der Waals surface area contributed by atoms with Crippen LogP contribution < -0.4 is 5.32 Å². The maximum Gasteiger partial charge on any atom is 0.0494 e. The molecule has 0 radical (unpaired) electrons. The van der Waals surface area contributed by atoms with Crippen LogP contribution in [0, 0.1) is 17.3 Å². The first-order chi connectivity index (χ1) is 7.44. The number of hydrogen-bond acceptors (Lipinski definition) is 2. The molecule has 2 atom stereocenters. The van der Waals surface area contributed by atoms with Gasteiger partial charge in [-0.3, -0.25) is 0 Å². The van der Waals surface area contributed by atoms with E-state index in [1.807, 2.05) is 0 Å². The monoisotopic (exact) mass is 227 g/mol. The summed E-state index contributed by atoms with van der Waals surface area (Å²) in [5.41, 5.74) is 0.0186. The first kappa shape index (κ1) is 14.0. The summed E-state index contributed by atoms with van der Waals surface area (Å²) in [6.45, 7) is 10.1. The summed E-state index contributed by atoms with van der Waals surface area (Å²) in [4.78, 5) is 0. The molecule has 0 amide bonds. The van der Waals surface area contributed by atoms with Crippen molar-refractivity contribution >= 4 is 0 Å². The SMILES string of the molecule is CC(C)C1CCCC(NCC(C)(C)CO)C1. The van der Waals surface area contributed by atoms with Crippen molar-refractivity contribution < 1.29 is 5.11 Å². The summed E-state index contributed by atoms with van der Waals surface area (Å²) < 4.78 is 0. The van der Waals surface area contributed by atoms with Crippen molar-refractivity contribution in [1.82, 2.24) is 5.32 Å². The standard InChI is InChI=1S/C14H29NO/c1-11(2)12-6-5-7-13(8-12)15-9-14(3,4)10-16/h11-13,15-16H,5-10H2,1-4H3. The molecule has 0 aromatic rings. The normalized spacial score (nSPS) is 27.4. The van der Waals surface area contributed by atoms with Crippen molar-refractivity contribution in [2.45, 2.75) is 59.4 Å². The van der Waals surface area contributed by atoms with Gasteiger partial charge in [0.05, 0.1) is 0 Å². The molecule has 1 aliphatic rings. The molecule has 0 aliphatic heterocycles. The summed E-state index contributed by atoms with van der Waals surface area (Å²) in [5.74, 6) is 1.71. The molecule has 2 heteroatoms. The van der Waals surface area contributed by atoms with Gasteiger partial charge >= 0.3 is 0 Å². The first-order valence-corrected chi connectivity index (χ1v) is 6.79. The van der Waals surface area contributed by atoms with Gasteiger partial charge < -0.3 is 10.4 Å². The van der Waals surface area contributed by atoms with Crippen LogP contribution in [0.1, 0.15) is 53.4 Å². The molecule has 1 aliphatic carbocycles. The van der Waals surface area contributed by atoms with Crippen LogP contribution in [-0.4, -0.2) is 24.3 Å². The van der Waals surface area contributed by atoms with Gasteiger partial charge in [0.15, 0.2) is 0 Å². The van der Waals surface area contributed by atoms with Crippen molar-refractivity contribution in [3.8, 4) is 0 Å². The maximum atomic E-state index is 9.22. The van der Waals surface area contributed by atoms with Gasteiger partial charge in [-0.1, -0.05) is 40.5 Å². The van der Waals surface area contributed by atoms with Crippen LogP contribution in [0.4, 0.5) is 0 Å². The highest BCUT2D eigenvalue weighted by molar-refractivity contribution is 4.81. The van der Waals surface area contributed by atoms with E-state index in [0.717, 1.165) is 18.4 Å². The van der Waals surface area contributed by atoms with Gasteiger partial charge in [0.25, 0.3) is 0 Å². The molecule has 0 spiro atoms. The molecule has 2 nitrogen and oxygen atoms in total. The summed E-state index contributed by atoms with van der Waals surface area (Å²) >= 11 is 0. The van der Waals surface area contributed by atoms with Crippen LogP contribution in [0.5, 0.6) is 0 Å². The zero-order valence-electron chi connectivity index (χ0n) is 11.4. The van der Waals surface area contributed by atoms with Crippen LogP contribution in [0.15, 0.2) is 0 Å². The molecule has 1 fully saturated rings. The molecule has 96 valence electrons. The molecule has 0 aromatic carbocycles. The van der Waals surface area contributed by atoms with E-state index in [1.54, 1.807) is 0 Å². The lowest BCUT2D eigenvalue weighted by Gasteiger charge is -2.34. The summed E-state index contributed by atoms with van der Waals surface area (Å²) in [6.07, 6.45) is 5.39. The van der Waals surface area contributed by atoms with Crippen molar-refractivity contribution in [1.29, 1.82) is 0 Å². The molecule has 0 bridgehead atoms. The minimum atomic E-state index is 0.0186. The number of hydrogen-bond donors (Lipinski definition) is 2. The molecule has 0 saturated heterocycles. The van der Waals surface area contributed by atoms with Gasteiger partial charge in [0.1, 0.15) is 0 Å². The van der Waals surface area contributed by atoms with Crippen LogP contribution in [0.3, 0.4) is 0 Å². The van der Waals surface area contributed by atoms with Crippen molar-refractivity contribution in [3.05, 3.63) is 0 Å². The fraction of sp³-hybridized carbons (Fsp3) is 1.00. The zero-order valence-corrected chi connectivity index (χ0v) is 11.4. The van der Waals surface area contributed by atoms with E-state index in [1.165, 1.54) is 25.7 Å². The predicted octanol–water partition coefficient (Wildman–Crippen LogP) is 2.81. The third-order valence-electron chi connectivity index (χ3n) is 3.95. The Morgan fingerprint density at radius 1 is 1.31 bits per heavy atom. The van der Waals surface area contributed by atoms with Crippen LogP contribution in [0.2, 0.25) is 0 Å². The number of rotatable bonds is 5. The Labute approximate surface area is 101 Å². The lowest BCUT2D eigenvalue weighted by molar-refractivity contribution is 0.143. The van der Waals surface area contributed by atoms with Gasteiger partial charge in [0.2, 0.25) is 0 Å². The highest BCUT2D eigenvalue weighted by Crippen LogP contribution is 2.30. The number of nitrogens with one attached hydrogen (secondary N) is 1. The quantitative estimate of drug-likeness (QED) is 0.757. The second-order valence-corrected chi connectivity index (χ2v) is 6.57. The molecule has 0 heterocycles. The van der Waals surface area contributed by atoms with E-state index in [9.17, 15) is 5.11 Å². The lowest BCUT2D eigenvalue weighted by Crippen LogP contribution is -2.41. The summed E-state index contributed by atoms with van der Waals surface area (Å²) in [5, 5.41) is 12.9. The van der Waals surface area contributed by atoms with Crippen LogP contribution in [0.25, 0.3) is 0 Å². The number of aliphatic hydroxyl groups is 1. The van der Waals surface area contributed by atoms with Gasteiger partial charge in [-0.05, 0) is 24.7 Å². The Bertz CT molecular complexity index is 201. The lowest BCUT2D eigenvalue weighted by atomic mass is 9.79. The fourth-order valence-electron chi connectivity index (χ4n) is 2.50. The Balaban J connectivity index is 2.32. The van der Waals surface area contributed by atoms with Crippen LogP contribution >= 0.6 is 0 Å². The third-order valence-corrected chi connectivity index (χ3v) is 3.95. The summed E-state index contributed by atoms with van der Waals surface area (Å²) in [7, 11) is 0. The van der Waals surface area contributed by atoms with Crippen molar-refractivity contribution in [2.24, 2.45) is 17.3 Å². The molecular formula is C14H29NO. The van der Waals surface area contributed by atoms with Gasteiger partial charge in [-0.2, -0.15) is 0 Å². The van der Waals surface area contributed by atoms with Crippen molar-refractivity contribution in [2.75, 3.05) is 13.2 Å². The number of aliphatic hydroxyl groups excluding tert-OH is 1. The maximum absolute atomic E-state index is 9.22. The highest BCUT2D eigenvalue weighted by Gasteiger charge is 2.25. The third kappa shape index (κ3) is 4.42. The Hall–Kier alpha value is -0.0800. The van der Waals surface area contributed by atoms with E-state index in [-0.39, 0.29) is 12.0 Å².